The van der Waals surface area contributed by atoms with Crippen LogP contribution in [0.2, 0.25) is 0 Å². The summed E-state index contributed by atoms with van der Waals surface area (Å²) in [6.45, 7) is 1.20. The number of nitrogens with zero attached hydrogens (tertiary/aromatic N) is 1. The third-order valence-corrected chi connectivity index (χ3v) is 3.35. The number of esters is 1. The van der Waals surface area contributed by atoms with Crippen molar-refractivity contribution in [2.75, 3.05) is 13.2 Å². The van der Waals surface area contributed by atoms with Gasteiger partial charge in [0.15, 0.2) is 5.57 Å². The van der Waals surface area contributed by atoms with E-state index in [1.807, 2.05) is 0 Å². The number of carbonyl (C=O) groups is 2. The van der Waals surface area contributed by atoms with Crippen molar-refractivity contribution in [3.05, 3.63) is 47.2 Å². The molecule has 0 saturated carbocycles. The van der Waals surface area contributed by atoms with Gasteiger partial charge >= 0.3 is 5.97 Å². The first-order valence-corrected chi connectivity index (χ1v) is 6.99. The quantitative estimate of drug-likeness (QED) is 0.372. The van der Waals surface area contributed by atoms with E-state index in [9.17, 15) is 14.7 Å². The van der Waals surface area contributed by atoms with Gasteiger partial charge in [-0.15, -0.1) is 0 Å². The van der Waals surface area contributed by atoms with E-state index in [4.69, 9.17) is 21.5 Å². The Hall–Kier alpha value is -2.85. The molecule has 1 amide bonds. The van der Waals surface area contributed by atoms with Crippen LogP contribution in [-0.4, -0.2) is 30.2 Å². The lowest BCUT2D eigenvalue weighted by molar-refractivity contribution is -0.138. The van der Waals surface area contributed by atoms with Crippen molar-refractivity contribution in [2.24, 2.45) is 17.4 Å². The summed E-state index contributed by atoms with van der Waals surface area (Å²) in [5, 5.41) is 18.8. The predicted octanol–water partition coefficient (Wildman–Crippen LogP) is 0.163. The van der Waals surface area contributed by atoms with Gasteiger partial charge < -0.3 is 21.3 Å². The van der Waals surface area contributed by atoms with Crippen LogP contribution < -0.4 is 11.5 Å². The van der Waals surface area contributed by atoms with Crippen LogP contribution in [0.3, 0.4) is 0 Å². The topological polar surface area (TPSA) is 139 Å². The van der Waals surface area contributed by atoms with Crippen molar-refractivity contribution >= 4 is 11.9 Å². The first kappa shape index (κ1) is 18.2. The van der Waals surface area contributed by atoms with Crippen molar-refractivity contribution in [2.45, 2.75) is 12.8 Å². The molecule has 122 valence electrons. The molecule has 7 nitrogen and oxygen atoms in total. The zero-order valence-electron chi connectivity index (χ0n) is 12.7. The average Bonchev–Trinajstić information content (AvgIpc) is 2.53. The number of aliphatic hydroxyl groups is 1. The summed E-state index contributed by atoms with van der Waals surface area (Å²) in [5.41, 5.74) is 11.1. The molecular formula is C16H19N3O4. The lowest BCUT2D eigenvalue weighted by Crippen LogP contribution is -2.36. The molecule has 0 saturated heterocycles. The molecule has 0 radical (unpaired) electrons. The molecule has 0 aliphatic rings. The number of rotatable bonds is 7. The van der Waals surface area contributed by atoms with E-state index in [1.165, 1.54) is 0 Å². The van der Waals surface area contributed by atoms with Crippen LogP contribution in [-0.2, 0) is 14.3 Å². The Morgan fingerprint density at radius 2 is 1.91 bits per heavy atom. The molecule has 0 heterocycles. The van der Waals surface area contributed by atoms with E-state index in [1.54, 1.807) is 43.3 Å². The minimum Gasteiger partial charge on any atom is -0.462 e. The first-order valence-electron chi connectivity index (χ1n) is 6.99. The van der Waals surface area contributed by atoms with E-state index in [2.05, 4.69) is 0 Å². The molecule has 2 unspecified atom stereocenters. The van der Waals surface area contributed by atoms with Crippen molar-refractivity contribution in [1.82, 2.24) is 0 Å². The maximum atomic E-state index is 11.9. The number of nitriles is 1. The summed E-state index contributed by atoms with van der Waals surface area (Å²) in [6, 6.07) is 10.3. The van der Waals surface area contributed by atoms with Gasteiger partial charge in [-0.25, -0.2) is 4.79 Å². The Morgan fingerprint density at radius 1 is 1.30 bits per heavy atom. The molecule has 7 heteroatoms. The van der Waals surface area contributed by atoms with Crippen molar-refractivity contribution in [3.8, 4) is 6.07 Å². The number of aliphatic hydroxyl groups excluding tert-OH is 1. The van der Waals surface area contributed by atoms with Gasteiger partial charge in [-0.3, -0.25) is 4.79 Å². The zero-order valence-corrected chi connectivity index (χ0v) is 12.7. The molecule has 0 aliphatic heterocycles. The standard InChI is InChI=1S/C16H19N3O4/c1-2-23-16(22)11(8-17)14(18)13(15(19)21)12(9-20)10-6-4-3-5-7-10/h3-7,12-13,20H,2,9,18H2,1H3,(H2,19,21)/b14-11-. The summed E-state index contributed by atoms with van der Waals surface area (Å²) in [5.74, 6) is -3.75. The Kier molecular flexibility index (Phi) is 6.77. The lowest BCUT2D eigenvalue weighted by Gasteiger charge is -2.24. The van der Waals surface area contributed by atoms with E-state index in [0.29, 0.717) is 5.56 Å². The molecule has 2 atom stereocenters. The fraction of sp³-hybridized carbons (Fsp3) is 0.312. The monoisotopic (exact) mass is 317 g/mol. The average molecular weight is 317 g/mol. The van der Waals surface area contributed by atoms with Gasteiger partial charge in [-0.05, 0) is 12.5 Å². The summed E-state index contributed by atoms with van der Waals surface area (Å²) < 4.78 is 4.75. The number of ether oxygens (including phenoxy) is 1. The van der Waals surface area contributed by atoms with E-state index in [-0.39, 0.29) is 12.3 Å². The molecule has 23 heavy (non-hydrogen) atoms. The number of benzene rings is 1. The van der Waals surface area contributed by atoms with Crippen LogP contribution in [0.15, 0.2) is 41.6 Å². The largest absolute Gasteiger partial charge is 0.462 e. The molecule has 0 aromatic heterocycles. The molecule has 0 aliphatic carbocycles. The van der Waals surface area contributed by atoms with E-state index in [0.717, 1.165) is 0 Å². The highest BCUT2D eigenvalue weighted by molar-refractivity contribution is 5.95. The van der Waals surface area contributed by atoms with Gasteiger partial charge in [0, 0.05) is 11.6 Å². The minimum absolute atomic E-state index is 0.0562. The normalized spacial score (nSPS) is 14.1. The number of nitrogens with two attached hydrogens (primary N) is 2. The Labute approximate surface area is 134 Å². The van der Waals surface area contributed by atoms with Gasteiger partial charge in [0.25, 0.3) is 0 Å². The maximum Gasteiger partial charge on any atom is 0.350 e. The van der Waals surface area contributed by atoms with Gasteiger partial charge in [-0.2, -0.15) is 5.26 Å². The summed E-state index contributed by atoms with van der Waals surface area (Å²) >= 11 is 0. The third kappa shape index (κ3) is 4.31. The Bertz CT molecular complexity index is 634. The van der Waals surface area contributed by atoms with Crippen molar-refractivity contribution in [3.63, 3.8) is 0 Å². The Balaban J connectivity index is 3.36. The highest BCUT2D eigenvalue weighted by Crippen LogP contribution is 2.29. The van der Waals surface area contributed by atoms with Crippen LogP contribution in [0, 0.1) is 17.2 Å². The summed E-state index contributed by atoms with van der Waals surface area (Å²) in [6.07, 6.45) is 0. The van der Waals surface area contributed by atoms with Crippen LogP contribution in [0.4, 0.5) is 0 Å². The molecule has 0 spiro atoms. The fourth-order valence-corrected chi connectivity index (χ4v) is 2.26. The van der Waals surface area contributed by atoms with Crippen molar-refractivity contribution in [1.29, 1.82) is 5.26 Å². The summed E-state index contributed by atoms with van der Waals surface area (Å²) in [4.78, 5) is 23.6. The molecule has 0 bridgehead atoms. The molecule has 5 N–H and O–H groups in total. The number of hydrogen-bond acceptors (Lipinski definition) is 6. The third-order valence-electron chi connectivity index (χ3n) is 3.35. The SMILES string of the molecule is CCOC(=O)/C(C#N)=C(\N)C(C(N)=O)C(CO)c1ccccc1. The van der Waals surface area contributed by atoms with Gasteiger partial charge in [0.1, 0.15) is 6.07 Å². The molecule has 1 rings (SSSR count). The predicted molar refractivity (Wildman–Crippen MR) is 82.4 cm³/mol. The van der Waals surface area contributed by atoms with Crippen LogP contribution in [0.1, 0.15) is 18.4 Å². The molecule has 0 fully saturated rings. The van der Waals surface area contributed by atoms with E-state index < -0.39 is 35.9 Å². The highest BCUT2D eigenvalue weighted by Gasteiger charge is 2.33. The summed E-state index contributed by atoms with van der Waals surface area (Å²) in [7, 11) is 0. The second-order valence-electron chi connectivity index (χ2n) is 4.74. The van der Waals surface area contributed by atoms with Gasteiger partial charge in [0.2, 0.25) is 5.91 Å². The van der Waals surface area contributed by atoms with Gasteiger partial charge in [0.05, 0.1) is 19.1 Å². The van der Waals surface area contributed by atoms with E-state index >= 15 is 0 Å². The smallest absolute Gasteiger partial charge is 0.350 e. The van der Waals surface area contributed by atoms with Crippen molar-refractivity contribution < 1.29 is 19.4 Å². The van der Waals surface area contributed by atoms with Crippen LogP contribution in [0.5, 0.6) is 0 Å². The highest BCUT2D eigenvalue weighted by atomic mass is 16.5. The Morgan fingerprint density at radius 3 is 2.35 bits per heavy atom. The fourth-order valence-electron chi connectivity index (χ4n) is 2.26. The maximum absolute atomic E-state index is 11.9. The van der Waals surface area contributed by atoms with Crippen LogP contribution in [0.25, 0.3) is 0 Å². The second kappa shape index (κ2) is 8.56. The first-order chi connectivity index (χ1) is 11.0. The number of hydrogen-bond donors (Lipinski definition) is 3. The molecule has 1 aromatic rings. The lowest BCUT2D eigenvalue weighted by atomic mass is 9.82. The molecule has 1 aromatic carbocycles. The van der Waals surface area contributed by atoms with Gasteiger partial charge in [-0.1, -0.05) is 30.3 Å². The second-order valence-corrected chi connectivity index (χ2v) is 4.74. The number of primary amides is 1. The number of amides is 1. The number of carbonyl (C=O) groups excluding carboxylic acids is 2. The molecular weight excluding hydrogens is 298 g/mol. The minimum atomic E-state index is -1.21. The van der Waals surface area contributed by atoms with Crippen LogP contribution >= 0.6 is 0 Å². The zero-order chi connectivity index (χ0) is 17.4.